The van der Waals surface area contributed by atoms with E-state index in [2.05, 4.69) is 0 Å². The van der Waals surface area contributed by atoms with Crippen LogP contribution in [0.25, 0.3) is 0 Å². The van der Waals surface area contributed by atoms with Crippen LogP contribution in [0.1, 0.15) is 20.8 Å². The molecule has 0 N–H and O–H groups in total. The first kappa shape index (κ1) is 8.93. The first-order chi connectivity index (χ1) is 5.40. The number of nitrogens with zero attached hydrogens (tertiary/aromatic N) is 1. The van der Waals surface area contributed by atoms with Crippen LogP contribution in [0.3, 0.4) is 0 Å². The van der Waals surface area contributed by atoms with Gasteiger partial charge in [-0.2, -0.15) is 0 Å². The van der Waals surface area contributed by atoms with Gasteiger partial charge >= 0.3 is 0 Å². The SMILES string of the molecule is CC(C)(C)ON1C(=O)C=CC1=O. The van der Waals surface area contributed by atoms with Gasteiger partial charge in [0, 0.05) is 12.2 Å². The van der Waals surface area contributed by atoms with Crippen LogP contribution >= 0.6 is 0 Å². The summed E-state index contributed by atoms with van der Waals surface area (Å²) in [6, 6.07) is 0. The molecule has 0 aromatic carbocycles. The number of hydroxylamine groups is 2. The van der Waals surface area contributed by atoms with E-state index in [-0.39, 0.29) is 0 Å². The molecule has 0 aromatic rings. The van der Waals surface area contributed by atoms with Crippen molar-refractivity contribution in [1.29, 1.82) is 0 Å². The van der Waals surface area contributed by atoms with E-state index in [1.807, 2.05) is 0 Å². The summed E-state index contributed by atoms with van der Waals surface area (Å²) in [5.74, 6) is -0.843. The molecule has 0 aromatic heterocycles. The second-order valence-electron chi connectivity index (χ2n) is 3.51. The van der Waals surface area contributed by atoms with Crippen LogP contribution in [0.5, 0.6) is 0 Å². The minimum atomic E-state index is -0.530. The zero-order chi connectivity index (χ0) is 9.35. The van der Waals surface area contributed by atoms with Gasteiger partial charge in [-0.3, -0.25) is 14.4 Å². The van der Waals surface area contributed by atoms with Gasteiger partial charge in [0.2, 0.25) is 0 Å². The maximum absolute atomic E-state index is 11.0. The fraction of sp³-hybridized carbons (Fsp3) is 0.500. The Labute approximate surface area is 70.7 Å². The lowest BCUT2D eigenvalue weighted by Crippen LogP contribution is -2.37. The van der Waals surface area contributed by atoms with E-state index in [1.54, 1.807) is 20.8 Å². The van der Waals surface area contributed by atoms with Gasteiger partial charge in [-0.15, -0.1) is 5.06 Å². The van der Waals surface area contributed by atoms with E-state index >= 15 is 0 Å². The third kappa shape index (κ3) is 1.92. The van der Waals surface area contributed by atoms with Crippen molar-refractivity contribution in [1.82, 2.24) is 5.06 Å². The Kier molecular flexibility index (Phi) is 2.02. The lowest BCUT2D eigenvalue weighted by molar-refractivity contribution is -0.217. The van der Waals surface area contributed by atoms with Gasteiger partial charge in [0.25, 0.3) is 11.8 Å². The van der Waals surface area contributed by atoms with Gasteiger partial charge in [-0.05, 0) is 20.8 Å². The molecule has 0 saturated heterocycles. The molecule has 0 spiro atoms. The molecular formula is C8H11NO3. The molecule has 0 radical (unpaired) electrons. The first-order valence-electron chi connectivity index (χ1n) is 3.65. The predicted octanol–water partition coefficient (Wildman–Crippen LogP) is 0.641. The van der Waals surface area contributed by atoms with E-state index in [0.29, 0.717) is 0 Å². The molecule has 0 unspecified atom stereocenters. The van der Waals surface area contributed by atoms with Gasteiger partial charge in [-0.1, -0.05) is 0 Å². The number of rotatable bonds is 1. The second kappa shape index (κ2) is 2.71. The van der Waals surface area contributed by atoms with E-state index in [1.165, 1.54) is 12.2 Å². The lowest BCUT2D eigenvalue weighted by Gasteiger charge is -2.24. The number of amides is 2. The van der Waals surface area contributed by atoms with Crippen molar-refractivity contribution in [2.45, 2.75) is 26.4 Å². The first-order valence-corrected chi connectivity index (χ1v) is 3.65. The molecule has 1 rings (SSSR count). The average molecular weight is 169 g/mol. The quantitative estimate of drug-likeness (QED) is 0.541. The number of hydrogen-bond donors (Lipinski definition) is 0. The van der Waals surface area contributed by atoms with E-state index in [9.17, 15) is 9.59 Å². The summed E-state index contributed by atoms with van der Waals surface area (Å²) in [5, 5.41) is 0.764. The van der Waals surface area contributed by atoms with Gasteiger partial charge in [0.05, 0.1) is 5.60 Å². The van der Waals surface area contributed by atoms with Crippen LogP contribution in [0.2, 0.25) is 0 Å². The second-order valence-corrected chi connectivity index (χ2v) is 3.51. The highest BCUT2D eigenvalue weighted by molar-refractivity contribution is 6.11. The van der Waals surface area contributed by atoms with E-state index < -0.39 is 17.4 Å². The number of imide groups is 1. The van der Waals surface area contributed by atoms with Gasteiger partial charge in [-0.25, -0.2) is 0 Å². The summed E-state index contributed by atoms with van der Waals surface area (Å²) < 4.78 is 0. The molecule has 1 heterocycles. The molecular weight excluding hydrogens is 158 g/mol. The van der Waals surface area contributed by atoms with Crippen molar-refractivity contribution in [2.24, 2.45) is 0 Å². The number of carbonyl (C=O) groups is 2. The standard InChI is InChI=1S/C8H11NO3/c1-8(2,3)12-9-6(10)4-5-7(9)11/h4-5H,1-3H3. The smallest absolute Gasteiger partial charge is 0.267 e. The highest BCUT2D eigenvalue weighted by Crippen LogP contribution is 2.14. The van der Waals surface area contributed by atoms with Crippen molar-refractivity contribution >= 4 is 11.8 Å². The Morgan fingerprint density at radius 1 is 1.17 bits per heavy atom. The predicted molar refractivity (Wildman–Crippen MR) is 41.8 cm³/mol. The minimum Gasteiger partial charge on any atom is -0.267 e. The highest BCUT2D eigenvalue weighted by atomic mass is 16.7. The molecule has 0 atom stereocenters. The highest BCUT2D eigenvalue weighted by Gasteiger charge is 2.29. The minimum absolute atomic E-state index is 0.421. The Hall–Kier alpha value is -1.16. The molecule has 1 aliphatic rings. The van der Waals surface area contributed by atoms with Crippen LogP contribution in [-0.4, -0.2) is 22.5 Å². The molecule has 1 aliphatic heterocycles. The van der Waals surface area contributed by atoms with E-state index in [0.717, 1.165) is 5.06 Å². The Morgan fingerprint density at radius 3 is 1.92 bits per heavy atom. The third-order valence-corrected chi connectivity index (χ3v) is 1.13. The average Bonchev–Trinajstić information content (AvgIpc) is 2.16. The topological polar surface area (TPSA) is 46.6 Å². The molecule has 2 amide bonds. The fourth-order valence-electron chi connectivity index (χ4n) is 0.750. The van der Waals surface area contributed by atoms with Crippen LogP contribution in [0.4, 0.5) is 0 Å². The van der Waals surface area contributed by atoms with Gasteiger partial charge in [0.1, 0.15) is 0 Å². The maximum Gasteiger partial charge on any atom is 0.277 e. The Morgan fingerprint density at radius 2 is 1.58 bits per heavy atom. The summed E-state index contributed by atoms with van der Waals surface area (Å²) in [4.78, 5) is 27.0. The van der Waals surface area contributed by atoms with Crippen molar-refractivity contribution in [3.63, 3.8) is 0 Å². The summed E-state index contributed by atoms with van der Waals surface area (Å²) in [5.41, 5.74) is -0.530. The molecule has 0 saturated carbocycles. The zero-order valence-electron chi connectivity index (χ0n) is 7.33. The number of hydrogen-bond acceptors (Lipinski definition) is 3. The Balaban J connectivity index is 2.66. The molecule has 66 valence electrons. The van der Waals surface area contributed by atoms with Gasteiger partial charge < -0.3 is 0 Å². The fourth-order valence-corrected chi connectivity index (χ4v) is 0.750. The van der Waals surface area contributed by atoms with Crippen LogP contribution in [0, 0.1) is 0 Å². The maximum atomic E-state index is 11.0. The van der Waals surface area contributed by atoms with E-state index in [4.69, 9.17) is 4.84 Å². The summed E-state index contributed by atoms with van der Waals surface area (Å²) in [6.07, 6.45) is 2.38. The van der Waals surface area contributed by atoms with Crippen LogP contribution in [0.15, 0.2) is 12.2 Å². The Bertz CT molecular complexity index is 232. The molecule has 4 heteroatoms. The van der Waals surface area contributed by atoms with Crippen molar-refractivity contribution in [2.75, 3.05) is 0 Å². The lowest BCUT2D eigenvalue weighted by atomic mass is 10.2. The molecule has 0 fully saturated rings. The summed E-state index contributed by atoms with van der Waals surface area (Å²) >= 11 is 0. The summed E-state index contributed by atoms with van der Waals surface area (Å²) in [7, 11) is 0. The van der Waals surface area contributed by atoms with Gasteiger partial charge in [0.15, 0.2) is 0 Å². The molecule has 4 nitrogen and oxygen atoms in total. The molecule has 0 bridgehead atoms. The number of carbonyl (C=O) groups excluding carboxylic acids is 2. The zero-order valence-corrected chi connectivity index (χ0v) is 7.33. The largest absolute Gasteiger partial charge is 0.277 e. The molecule has 12 heavy (non-hydrogen) atoms. The molecule has 0 aliphatic carbocycles. The van der Waals surface area contributed by atoms with Crippen LogP contribution in [-0.2, 0) is 14.4 Å². The summed E-state index contributed by atoms with van der Waals surface area (Å²) in [6.45, 7) is 5.31. The third-order valence-electron chi connectivity index (χ3n) is 1.13. The van der Waals surface area contributed by atoms with Crippen molar-refractivity contribution in [3.8, 4) is 0 Å². The monoisotopic (exact) mass is 169 g/mol. The normalized spacial score (nSPS) is 17.8. The van der Waals surface area contributed by atoms with Crippen molar-refractivity contribution < 1.29 is 14.4 Å². The van der Waals surface area contributed by atoms with Crippen molar-refractivity contribution in [3.05, 3.63) is 12.2 Å². The van der Waals surface area contributed by atoms with Crippen LogP contribution < -0.4 is 0 Å².